The number of likely N-dealkylation sites (tertiary alicyclic amines) is 1. The molecule has 1 atom stereocenters. The molecule has 156 valence electrons. The Balaban J connectivity index is 1.71. The maximum absolute atomic E-state index is 13.0. The van der Waals surface area contributed by atoms with Crippen LogP contribution < -0.4 is 4.90 Å². The Bertz CT molecular complexity index is 956. The van der Waals surface area contributed by atoms with Gasteiger partial charge in [0.2, 0.25) is 0 Å². The fourth-order valence-corrected chi connectivity index (χ4v) is 4.21. The molecule has 2 aliphatic heterocycles. The van der Waals surface area contributed by atoms with E-state index in [0.717, 1.165) is 17.6 Å². The van der Waals surface area contributed by atoms with Gasteiger partial charge in [-0.2, -0.15) is 0 Å². The van der Waals surface area contributed by atoms with Crippen molar-refractivity contribution in [1.82, 2.24) is 9.88 Å². The Morgan fingerprint density at radius 3 is 2.60 bits per heavy atom. The summed E-state index contributed by atoms with van der Waals surface area (Å²) >= 11 is 3.37. The molecule has 2 fully saturated rings. The molecule has 0 spiro atoms. The molecule has 0 saturated carbocycles. The average Bonchev–Trinajstić information content (AvgIpc) is 3.04. The van der Waals surface area contributed by atoms with Crippen LogP contribution >= 0.6 is 15.9 Å². The third-order valence-corrected chi connectivity index (χ3v) is 6.09. The van der Waals surface area contributed by atoms with Gasteiger partial charge in [0.15, 0.2) is 0 Å². The van der Waals surface area contributed by atoms with Crippen molar-refractivity contribution in [3.8, 4) is 0 Å². The molecule has 0 radical (unpaired) electrons. The van der Waals surface area contributed by atoms with E-state index < -0.39 is 17.7 Å². The maximum Gasteiger partial charge on any atom is 0.295 e. The van der Waals surface area contributed by atoms with Gasteiger partial charge in [-0.1, -0.05) is 34.1 Å². The summed E-state index contributed by atoms with van der Waals surface area (Å²) in [5, 5.41) is 11.0. The average molecular weight is 473 g/mol. The number of carbonyl (C=O) groups is 2. The Labute approximate surface area is 183 Å². The van der Waals surface area contributed by atoms with E-state index in [1.807, 2.05) is 6.07 Å². The quantitative estimate of drug-likeness (QED) is 0.387. The van der Waals surface area contributed by atoms with E-state index in [2.05, 4.69) is 20.9 Å². The molecule has 4 rings (SSSR count). The maximum atomic E-state index is 13.0. The van der Waals surface area contributed by atoms with E-state index in [-0.39, 0.29) is 11.3 Å². The summed E-state index contributed by atoms with van der Waals surface area (Å²) in [5.74, 6) is -1.42. The van der Waals surface area contributed by atoms with Gasteiger partial charge < -0.3 is 19.6 Å². The van der Waals surface area contributed by atoms with Gasteiger partial charge in [-0.15, -0.1) is 0 Å². The second-order valence-electron chi connectivity index (χ2n) is 7.40. The molecule has 2 N–H and O–H groups in total. The van der Waals surface area contributed by atoms with Crippen LogP contribution in [0.4, 0.5) is 0 Å². The number of carbonyl (C=O) groups excluding carboxylic acids is 2. The third-order valence-electron chi connectivity index (χ3n) is 5.56. The number of halogens is 1. The summed E-state index contributed by atoms with van der Waals surface area (Å²) in [6.45, 7) is 4.27. The topological polar surface area (TPSA) is 84.2 Å². The van der Waals surface area contributed by atoms with Gasteiger partial charge in [0.25, 0.3) is 11.7 Å². The molecule has 1 aromatic heterocycles. The van der Waals surface area contributed by atoms with Gasteiger partial charge in [0, 0.05) is 22.4 Å². The van der Waals surface area contributed by atoms with Crippen LogP contribution in [0.1, 0.15) is 17.2 Å². The highest BCUT2D eigenvalue weighted by Crippen LogP contribution is 2.38. The first kappa shape index (κ1) is 20.7. The number of ether oxygens (including phenoxy) is 1. The highest BCUT2D eigenvalue weighted by molar-refractivity contribution is 9.10. The van der Waals surface area contributed by atoms with E-state index in [4.69, 9.17) is 4.74 Å². The van der Waals surface area contributed by atoms with Gasteiger partial charge in [0.05, 0.1) is 37.9 Å². The number of rotatable bonds is 5. The Kier molecular flexibility index (Phi) is 6.26. The molecule has 3 heterocycles. The van der Waals surface area contributed by atoms with E-state index in [1.165, 1.54) is 4.90 Å². The standard InChI is InChI=1S/C22H22BrN3O4/c23-17-5-3-15(4-6-17)20(27)18-19(16-2-1-7-24-14-16)26(22(29)21(18)28)9-8-25-10-12-30-13-11-25/h1-7,14,19,27H,8-13H2/p+1/t19-/m0/s1. The molecule has 1 amide bonds. The molecule has 0 unspecified atom stereocenters. The fourth-order valence-electron chi connectivity index (χ4n) is 3.95. The summed E-state index contributed by atoms with van der Waals surface area (Å²) in [5.41, 5.74) is 1.29. The van der Waals surface area contributed by atoms with Crippen LogP contribution in [0.3, 0.4) is 0 Å². The Morgan fingerprint density at radius 1 is 1.20 bits per heavy atom. The first-order valence-electron chi connectivity index (χ1n) is 9.92. The molecule has 2 aliphatic rings. The molecule has 2 saturated heterocycles. The second-order valence-corrected chi connectivity index (χ2v) is 8.31. The summed E-state index contributed by atoms with van der Waals surface area (Å²) in [7, 11) is 0. The van der Waals surface area contributed by atoms with Crippen LogP contribution in [0.2, 0.25) is 0 Å². The minimum atomic E-state index is -0.666. The molecule has 1 aromatic carbocycles. The summed E-state index contributed by atoms with van der Waals surface area (Å²) in [4.78, 5) is 33.0. The molecule has 2 aromatic rings. The molecular formula is C22H23BrN3O4+. The Morgan fingerprint density at radius 2 is 1.93 bits per heavy atom. The van der Waals surface area contributed by atoms with Crippen molar-refractivity contribution in [2.75, 3.05) is 39.4 Å². The zero-order valence-electron chi connectivity index (χ0n) is 16.4. The number of hydrogen-bond acceptors (Lipinski definition) is 5. The van der Waals surface area contributed by atoms with E-state index >= 15 is 0 Å². The van der Waals surface area contributed by atoms with Crippen LogP contribution in [-0.4, -0.2) is 66.1 Å². The number of hydrogen-bond donors (Lipinski definition) is 2. The van der Waals surface area contributed by atoms with Crippen LogP contribution in [0.15, 0.2) is 58.8 Å². The number of aliphatic hydroxyl groups excluding tert-OH is 1. The molecular weight excluding hydrogens is 450 g/mol. The van der Waals surface area contributed by atoms with Crippen LogP contribution in [0.25, 0.3) is 5.76 Å². The zero-order valence-corrected chi connectivity index (χ0v) is 18.0. The normalized spacial score (nSPS) is 21.9. The van der Waals surface area contributed by atoms with E-state index in [0.29, 0.717) is 37.4 Å². The number of pyridine rings is 1. The number of aliphatic hydroxyl groups is 1. The number of nitrogens with one attached hydrogen (secondary N) is 1. The predicted molar refractivity (Wildman–Crippen MR) is 114 cm³/mol. The lowest BCUT2D eigenvalue weighted by molar-refractivity contribution is -0.907. The minimum Gasteiger partial charge on any atom is -0.507 e. The molecule has 30 heavy (non-hydrogen) atoms. The van der Waals surface area contributed by atoms with E-state index in [9.17, 15) is 14.7 Å². The Hall–Kier alpha value is -2.55. The van der Waals surface area contributed by atoms with Gasteiger partial charge in [-0.25, -0.2) is 0 Å². The monoisotopic (exact) mass is 472 g/mol. The molecule has 7 nitrogen and oxygen atoms in total. The smallest absolute Gasteiger partial charge is 0.295 e. The first-order chi connectivity index (χ1) is 14.6. The lowest BCUT2D eigenvalue weighted by Gasteiger charge is -2.29. The lowest BCUT2D eigenvalue weighted by atomic mass is 9.96. The van der Waals surface area contributed by atoms with Crippen molar-refractivity contribution in [3.63, 3.8) is 0 Å². The van der Waals surface area contributed by atoms with Gasteiger partial charge >= 0.3 is 0 Å². The second kappa shape index (κ2) is 9.07. The number of ketones is 1. The third kappa shape index (κ3) is 4.16. The van der Waals surface area contributed by atoms with Gasteiger partial charge in [0.1, 0.15) is 18.8 Å². The van der Waals surface area contributed by atoms with Crippen molar-refractivity contribution in [2.24, 2.45) is 0 Å². The van der Waals surface area contributed by atoms with Crippen molar-refractivity contribution >= 4 is 33.4 Å². The number of amides is 1. The molecule has 0 aliphatic carbocycles. The number of nitrogens with zero attached hydrogens (tertiary/aromatic N) is 2. The predicted octanol–water partition coefficient (Wildman–Crippen LogP) is 1.18. The largest absolute Gasteiger partial charge is 0.507 e. The van der Waals surface area contributed by atoms with Crippen molar-refractivity contribution < 1.29 is 24.3 Å². The van der Waals surface area contributed by atoms with Gasteiger partial charge in [-0.3, -0.25) is 14.6 Å². The zero-order chi connectivity index (χ0) is 21.1. The van der Waals surface area contributed by atoms with Crippen LogP contribution in [-0.2, 0) is 14.3 Å². The number of quaternary nitrogens is 1. The summed E-state index contributed by atoms with van der Waals surface area (Å²) in [6.07, 6.45) is 3.28. The highest BCUT2D eigenvalue weighted by atomic mass is 79.9. The van der Waals surface area contributed by atoms with Crippen LogP contribution in [0.5, 0.6) is 0 Å². The summed E-state index contributed by atoms with van der Waals surface area (Å²) in [6, 6.07) is 9.92. The minimum absolute atomic E-state index is 0.104. The SMILES string of the molecule is O=C1C(=O)N(CC[NH+]2CCOCC2)[C@@H](c2cccnc2)C1=C(O)c1ccc(Br)cc1. The lowest BCUT2D eigenvalue weighted by Crippen LogP contribution is -3.14. The number of aromatic nitrogens is 1. The molecule has 0 bridgehead atoms. The van der Waals surface area contributed by atoms with E-state index in [1.54, 1.807) is 47.6 Å². The van der Waals surface area contributed by atoms with Gasteiger partial charge in [-0.05, 0) is 23.8 Å². The summed E-state index contributed by atoms with van der Waals surface area (Å²) < 4.78 is 6.26. The van der Waals surface area contributed by atoms with Crippen LogP contribution in [0, 0.1) is 0 Å². The molecule has 8 heteroatoms. The van der Waals surface area contributed by atoms with Crippen molar-refractivity contribution in [1.29, 1.82) is 0 Å². The highest BCUT2D eigenvalue weighted by Gasteiger charge is 2.46. The number of Topliss-reactive ketones (excluding diaryl/α,β-unsaturated/α-hetero) is 1. The fraction of sp³-hybridized carbons (Fsp3) is 0.318. The first-order valence-corrected chi connectivity index (χ1v) is 10.7. The van der Waals surface area contributed by atoms with Crippen molar-refractivity contribution in [2.45, 2.75) is 6.04 Å². The number of benzene rings is 1. The van der Waals surface area contributed by atoms with Crippen molar-refractivity contribution in [3.05, 3.63) is 70.0 Å². The number of morpholine rings is 1.